The van der Waals surface area contributed by atoms with Gasteiger partial charge in [-0.05, 0) is 40.2 Å². The first-order valence-electron chi connectivity index (χ1n) is 6.18. The second kappa shape index (κ2) is 6.19. The molecule has 0 aromatic heterocycles. The summed E-state index contributed by atoms with van der Waals surface area (Å²) in [6, 6.07) is 0.0742. The molecule has 0 aromatic carbocycles. The molecule has 100 valence electrons. The third-order valence-corrected chi connectivity index (χ3v) is 2.63. The number of amides is 1. The average molecular weight is 246 g/mol. The summed E-state index contributed by atoms with van der Waals surface area (Å²) in [4.78, 5) is 13.6. The van der Waals surface area contributed by atoms with Crippen LogP contribution in [0.3, 0.4) is 0 Å². The maximum Gasteiger partial charge on any atom is 0.407 e. The zero-order valence-corrected chi connectivity index (χ0v) is 11.0. The van der Waals surface area contributed by atoms with Gasteiger partial charge in [0.15, 0.2) is 0 Å². The molecule has 1 heterocycles. The maximum atomic E-state index is 12.2. The van der Waals surface area contributed by atoms with Gasteiger partial charge in [-0.15, -0.1) is 0 Å². The first-order valence-corrected chi connectivity index (χ1v) is 6.18. The number of piperidine rings is 1. The number of likely N-dealkylation sites (tertiary alicyclic amines) is 1. The molecule has 1 atom stereocenters. The van der Waals surface area contributed by atoms with Crippen molar-refractivity contribution in [1.82, 2.24) is 10.2 Å². The van der Waals surface area contributed by atoms with Crippen molar-refractivity contribution in [2.45, 2.75) is 45.3 Å². The van der Waals surface area contributed by atoms with E-state index in [1.54, 1.807) is 0 Å². The Labute approximate surface area is 102 Å². The Morgan fingerprint density at radius 1 is 1.53 bits per heavy atom. The zero-order chi connectivity index (χ0) is 12.9. The van der Waals surface area contributed by atoms with Crippen LogP contribution in [0.2, 0.25) is 0 Å². The highest BCUT2D eigenvalue weighted by atomic mass is 19.1. The molecule has 17 heavy (non-hydrogen) atoms. The second-order valence-electron chi connectivity index (χ2n) is 5.47. The Morgan fingerprint density at radius 2 is 2.24 bits per heavy atom. The van der Waals surface area contributed by atoms with E-state index in [0.717, 1.165) is 19.4 Å². The van der Waals surface area contributed by atoms with E-state index in [2.05, 4.69) is 5.32 Å². The highest BCUT2D eigenvalue weighted by molar-refractivity contribution is 5.68. The van der Waals surface area contributed by atoms with Crippen LogP contribution in [0.25, 0.3) is 0 Å². The number of alkyl carbamates (subject to hydrolysis) is 1. The minimum Gasteiger partial charge on any atom is -0.444 e. The van der Waals surface area contributed by atoms with Gasteiger partial charge in [-0.25, -0.2) is 9.18 Å². The minimum atomic E-state index is -0.475. The molecule has 1 saturated heterocycles. The number of carbonyl (C=O) groups excluding carboxylic acids is 1. The van der Waals surface area contributed by atoms with Crippen LogP contribution in [0.1, 0.15) is 33.6 Å². The lowest BCUT2D eigenvalue weighted by molar-refractivity contribution is 0.0471. The molecule has 0 aliphatic carbocycles. The summed E-state index contributed by atoms with van der Waals surface area (Å²) in [5, 5.41) is 2.84. The fourth-order valence-corrected chi connectivity index (χ4v) is 1.97. The molecule has 4 nitrogen and oxygen atoms in total. The van der Waals surface area contributed by atoms with Crippen LogP contribution in [0.4, 0.5) is 9.18 Å². The van der Waals surface area contributed by atoms with Gasteiger partial charge >= 0.3 is 6.09 Å². The predicted octanol–water partition coefficient (Wildman–Crippen LogP) is 1.95. The highest BCUT2D eigenvalue weighted by Crippen LogP contribution is 2.11. The average Bonchev–Trinajstić information content (AvgIpc) is 2.15. The fourth-order valence-electron chi connectivity index (χ4n) is 1.97. The largest absolute Gasteiger partial charge is 0.444 e. The zero-order valence-electron chi connectivity index (χ0n) is 11.0. The Hall–Kier alpha value is -0.840. The fraction of sp³-hybridized carbons (Fsp3) is 0.917. The van der Waals surface area contributed by atoms with Crippen LogP contribution in [0.5, 0.6) is 0 Å². The summed E-state index contributed by atoms with van der Waals surface area (Å²) < 4.78 is 17.4. The first kappa shape index (κ1) is 14.2. The van der Waals surface area contributed by atoms with Gasteiger partial charge in [-0.1, -0.05) is 0 Å². The lowest BCUT2D eigenvalue weighted by Gasteiger charge is -2.32. The molecule has 1 N–H and O–H groups in total. The van der Waals surface area contributed by atoms with Gasteiger partial charge in [0.25, 0.3) is 0 Å². The third kappa shape index (κ3) is 5.86. The van der Waals surface area contributed by atoms with Crippen molar-refractivity contribution in [3.63, 3.8) is 0 Å². The Morgan fingerprint density at radius 3 is 2.82 bits per heavy atom. The molecule has 0 bridgehead atoms. The monoisotopic (exact) mass is 246 g/mol. The molecule has 0 saturated carbocycles. The molecule has 1 amide bonds. The maximum absolute atomic E-state index is 12.2. The van der Waals surface area contributed by atoms with Crippen LogP contribution >= 0.6 is 0 Å². The number of nitrogens with one attached hydrogen (secondary N) is 1. The topological polar surface area (TPSA) is 41.6 Å². The van der Waals surface area contributed by atoms with Gasteiger partial charge in [0.2, 0.25) is 0 Å². The molecule has 1 rings (SSSR count). The van der Waals surface area contributed by atoms with E-state index in [1.807, 2.05) is 25.7 Å². The number of rotatable bonds is 3. The molecular weight excluding hydrogens is 223 g/mol. The Kier molecular flexibility index (Phi) is 5.18. The Balaban J connectivity index is 2.33. The van der Waals surface area contributed by atoms with Gasteiger partial charge in [0, 0.05) is 19.1 Å². The van der Waals surface area contributed by atoms with Gasteiger partial charge in [0.1, 0.15) is 12.3 Å². The van der Waals surface area contributed by atoms with E-state index in [4.69, 9.17) is 4.74 Å². The van der Waals surface area contributed by atoms with Crippen LogP contribution < -0.4 is 5.32 Å². The van der Waals surface area contributed by atoms with E-state index >= 15 is 0 Å². The number of alkyl halides is 1. The number of carbonyl (C=O) groups is 1. The van der Waals surface area contributed by atoms with Crippen molar-refractivity contribution in [1.29, 1.82) is 0 Å². The summed E-state index contributed by atoms with van der Waals surface area (Å²) in [7, 11) is 0. The first-order chi connectivity index (χ1) is 7.90. The van der Waals surface area contributed by atoms with Crippen LogP contribution in [-0.4, -0.2) is 48.9 Å². The predicted molar refractivity (Wildman–Crippen MR) is 64.8 cm³/mol. The van der Waals surface area contributed by atoms with E-state index < -0.39 is 5.60 Å². The van der Waals surface area contributed by atoms with E-state index in [1.165, 1.54) is 0 Å². The second-order valence-corrected chi connectivity index (χ2v) is 5.47. The molecular formula is C12H23FN2O2. The van der Waals surface area contributed by atoms with Crippen LogP contribution in [0, 0.1) is 0 Å². The van der Waals surface area contributed by atoms with Gasteiger partial charge < -0.3 is 10.1 Å². The lowest BCUT2D eigenvalue weighted by Crippen LogP contribution is -2.49. The number of hydrogen-bond donors (Lipinski definition) is 1. The molecule has 5 heteroatoms. The quantitative estimate of drug-likeness (QED) is 0.827. The number of ether oxygens (including phenoxy) is 1. The number of hydrogen-bond acceptors (Lipinski definition) is 3. The van der Waals surface area contributed by atoms with Crippen LogP contribution in [0.15, 0.2) is 0 Å². The van der Waals surface area contributed by atoms with Gasteiger partial charge in [-0.3, -0.25) is 4.90 Å². The van der Waals surface area contributed by atoms with E-state index in [9.17, 15) is 9.18 Å². The number of halogens is 1. The summed E-state index contributed by atoms with van der Waals surface area (Å²) in [5.41, 5.74) is -0.475. The number of nitrogens with zero attached hydrogens (tertiary/aromatic N) is 1. The van der Waals surface area contributed by atoms with Crippen molar-refractivity contribution in [3.05, 3.63) is 0 Å². The van der Waals surface area contributed by atoms with Crippen molar-refractivity contribution in [3.8, 4) is 0 Å². The van der Waals surface area contributed by atoms with Gasteiger partial charge in [-0.2, -0.15) is 0 Å². The molecule has 1 fully saturated rings. The molecule has 0 unspecified atom stereocenters. The van der Waals surface area contributed by atoms with Crippen molar-refractivity contribution in [2.75, 3.05) is 26.3 Å². The highest BCUT2D eigenvalue weighted by Gasteiger charge is 2.23. The van der Waals surface area contributed by atoms with E-state index in [0.29, 0.717) is 13.1 Å². The van der Waals surface area contributed by atoms with Gasteiger partial charge in [0.05, 0.1) is 0 Å². The third-order valence-electron chi connectivity index (χ3n) is 2.63. The standard InChI is InChI=1S/C12H23FN2O2/c1-12(2,3)17-11(16)14-10-5-4-7-15(9-10)8-6-13/h10H,4-9H2,1-3H3,(H,14,16)/t10-/m0/s1. The summed E-state index contributed by atoms with van der Waals surface area (Å²) in [6.07, 6.45) is 1.53. The van der Waals surface area contributed by atoms with Crippen molar-refractivity contribution >= 4 is 6.09 Å². The molecule has 1 aliphatic heterocycles. The van der Waals surface area contributed by atoms with Crippen molar-refractivity contribution in [2.24, 2.45) is 0 Å². The summed E-state index contributed by atoms with van der Waals surface area (Å²) in [5.74, 6) is 0. The Bertz CT molecular complexity index is 251. The molecule has 1 aliphatic rings. The molecule has 0 radical (unpaired) electrons. The minimum absolute atomic E-state index is 0.0742. The van der Waals surface area contributed by atoms with E-state index in [-0.39, 0.29) is 18.8 Å². The smallest absolute Gasteiger partial charge is 0.407 e. The summed E-state index contributed by atoms with van der Waals surface area (Å²) in [6.45, 7) is 7.25. The molecule has 0 aromatic rings. The van der Waals surface area contributed by atoms with Crippen molar-refractivity contribution < 1.29 is 13.9 Å². The summed E-state index contributed by atoms with van der Waals surface area (Å²) >= 11 is 0. The lowest BCUT2D eigenvalue weighted by atomic mass is 10.1. The SMILES string of the molecule is CC(C)(C)OC(=O)N[C@H]1CCCN(CCF)C1. The van der Waals surface area contributed by atoms with Crippen LogP contribution in [-0.2, 0) is 4.74 Å². The molecule has 0 spiro atoms. The normalized spacial score (nSPS) is 22.2.